The zero-order valence-electron chi connectivity index (χ0n) is 45.0. The topological polar surface area (TPSA) is 3.24 Å². The molecule has 1 spiro atoms. The zero-order valence-corrected chi connectivity index (χ0v) is 46.0. The van der Waals surface area contributed by atoms with E-state index in [-0.39, 0.29) is 0 Å². The first-order valence-electron chi connectivity index (χ1n) is 28.7. The van der Waals surface area contributed by atoms with Gasteiger partial charge in [0.05, 0.1) is 10.8 Å². The Morgan fingerprint density at radius 1 is 0.220 bits per heavy atom. The zero-order chi connectivity index (χ0) is 54.0. The number of rotatable bonds is 8. The molecule has 0 N–H and O–H groups in total. The first-order chi connectivity index (χ1) is 40.7. The van der Waals surface area contributed by atoms with Crippen molar-refractivity contribution < 1.29 is 0 Å². The third-order valence-electron chi connectivity index (χ3n) is 18.8. The van der Waals surface area contributed by atoms with E-state index >= 15 is 0 Å². The number of anilines is 3. The van der Waals surface area contributed by atoms with E-state index < -0.39 is 18.9 Å². The largest absolute Gasteiger partial charge is 0.310 e. The molecule has 0 bridgehead atoms. The highest BCUT2D eigenvalue weighted by atomic mass is 28.3. The van der Waals surface area contributed by atoms with Crippen molar-refractivity contribution in [1.29, 1.82) is 0 Å². The maximum Gasteiger partial charge on any atom is 0.180 e. The van der Waals surface area contributed by atoms with Crippen LogP contribution >= 0.6 is 0 Å². The van der Waals surface area contributed by atoms with Crippen molar-refractivity contribution in [2.45, 2.75) is 10.8 Å². The summed E-state index contributed by atoms with van der Waals surface area (Å²) in [5, 5.41) is 5.70. The molecule has 13 aromatic rings. The molecule has 0 saturated heterocycles. The van der Waals surface area contributed by atoms with Gasteiger partial charge in [0.25, 0.3) is 0 Å². The average molecular weight is 1060 g/mol. The molecule has 0 atom stereocenters. The molecule has 0 amide bonds. The normalized spacial score (nSPS) is 14.4. The third-order valence-corrected chi connectivity index (χ3v) is 23.7. The molecule has 3 aliphatic carbocycles. The quantitative estimate of drug-likeness (QED) is 0.137. The second-order valence-corrected chi connectivity index (χ2v) is 26.3. The van der Waals surface area contributed by atoms with Crippen LogP contribution in [0.2, 0.25) is 0 Å². The van der Waals surface area contributed by atoms with Gasteiger partial charge in [0.2, 0.25) is 0 Å². The third kappa shape index (κ3) is 6.27. The maximum absolute atomic E-state index is 2.69. The van der Waals surface area contributed by atoms with Gasteiger partial charge in [0.15, 0.2) is 8.07 Å². The Morgan fingerprint density at radius 3 is 1.18 bits per heavy atom. The van der Waals surface area contributed by atoms with E-state index in [0.717, 1.165) is 17.1 Å². The Kier molecular flexibility index (Phi) is 10.2. The van der Waals surface area contributed by atoms with E-state index in [1.165, 1.54) is 121 Å². The van der Waals surface area contributed by atoms with Gasteiger partial charge in [-0.15, -0.1) is 0 Å². The molecule has 0 aromatic heterocycles. The summed E-state index contributed by atoms with van der Waals surface area (Å²) in [6.07, 6.45) is 0. The molecule has 1 nitrogen and oxygen atoms in total. The summed E-state index contributed by atoms with van der Waals surface area (Å²) in [6.45, 7) is 0. The fourth-order valence-corrected chi connectivity index (χ4v) is 20.9. The highest BCUT2D eigenvalue weighted by Crippen LogP contribution is 2.63. The summed E-state index contributed by atoms with van der Waals surface area (Å²) in [4.78, 5) is 2.50. The summed E-state index contributed by atoms with van der Waals surface area (Å²) >= 11 is 0. The van der Waals surface area contributed by atoms with Crippen molar-refractivity contribution in [2.75, 3.05) is 4.90 Å². The summed E-state index contributed by atoms with van der Waals surface area (Å²) in [7, 11) is -2.69. The maximum atomic E-state index is 2.50. The van der Waals surface area contributed by atoms with E-state index in [1.54, 1.807) is 0 Å². The minimum Gasteiger partial charge on any atom is -0.310 e. The lowest BCUT2D eigenvalue weighted by atomic mass is 9.67. The number of fused-ring (bicyclic) bond motifs is 16. The van der Waals surface area contributed by atoms with E-state index in [1.807, 2.05) is 0 Å². The molecular weight excluding hydrogens is 1000 g/mol. The molecule has 1 aliphatic heterocycles. The summed E-state index contributed by atoms with van der Waals surface area (Å²) in [5.41, 5.74) is 25.6. The van der Waals surface area contributed by atoms with Gasteiger partial charge in [-0.25, -0.2) is 0 Å². The van der Waals surface area contributed by atoms with Gasteiger partial charge in [-0.05, 0) is 157 Å². The van der Waals surface area contributed by atoms with Crippen LogP contribution in [-0.4, -0.2) is 8.07 Å². The molecule has 17 rings (SSSR count). The Balaban J connectivity index is 0.861. The van der Waals surface area contributed by atoms with Gasteiger partial charge in [-0.1, -0.05) is 285 Å². The van der Waals surface area contributed by atoms with Crippen LogP contribution in [0.25, 0.3) is 55.6 Å². The predicted octanol–water partition coefficient (Wildman–Crippen LogP) is 16.9. The van der Waals surface area contributed by atoms with Crippen LogP contribution in [0.15, 0.2) is 322 Å². The fraction of sp³-hybridized carbons (Fsp3) is 0.0250. The molecule has 2 heteroatoms. The first-order valence-corrected chi connectivity index (χ1v) is 30.7. The highest BCUT2D eigenvalue weighted by Gasteiger charge is 2.52. The van der Waals surface area contributed by atoms with Gasteiger partial charge in [0, 0.05) is 17.1 Å². The molecule has 0 fully saturated rings. The van der Waals surface area contributed by atoms with Crippen LogP contribution in [0.5, 0.6) is 0 Å². The molecule has 0 saturated carbocycles. The summed E-state index contributed by atoms with van der Waals surface area (Å²) < 4.78 is 0. The van der Waals surface area contributed by atoms with E-state index in [9.17, 15) is 0 Å². The van der Waals surface area contributed by atoms with Crippen molar-refractivity contribution in [3.8, 4) is 55.6 Å². The molecule has 1 heterocycles. The van der Waals surface area contributed by atoms with Crippen molar-refractivity contribution in [3.63, 3.8) is 0 Å². The Bertz CT molecular complexity index is 4570. The van der Waals surface area contributed by atoms with Crippen molar-refractivity contribution in [3.05, 3.63) is 366 Å². The second-order valence-electron chi connectivity index (χ2n) is 22.5. The van der Waals surface area contributed by atoms with E-state index in [2.05, 4.69) is 326 Å². The summed E-state index contributed by atoms with van der Waals surface area (Å²) in [5.74, 6) is 0. The summed E-state index contributed by atoms with van der Waals surface area (Å²) in [6, 6.07) is 122. The van der Waals surface area contributed by atoms with E-state index in [4.69, 9.17) is 0 Å². The Labute approximate surface area is 480 Å². The SMILES string of the molecule is c1ccc(C2(c3cccc(N(c4ccc(-c5cccc([Si]6(c7ccccc7)c7ccccc7-c7ccccc76)c5)cc4)c4ccc5c(c4)-c4ccccc4C54c5ccccc5-c5ccccc54)c3)c3ccccc3-c3ccccc32)cc1. The van der Waals surface area contributed by atoms with Crippen LogP contribution in [0.3, 0.4) is 0 Å². The van der Waals surface area contributed by atoms with E-state index in [0.29, 0.717) is 0 Å². The molecule has 4 aliphatic rings. The smallest absolute Gasteiger partial charge is 0.180 e. The molecular formula is C80H53NSi. The van der Waals surface area contributed by atoms with Crippen LogP contribution < -0.4 is 25.6 Å². The van der Waals surface area contributed by atoms with Crippen LogP contribution in [0.4, 0.5) is 17.1 Å². The lowest BCUT2D eigenvalue weighted by Gasteiger charge is -2.35. The van der Waals surface area contributed by atoms with Crippen molar-refractivity contribution in [2.24, 2.45) is 0 Å². The van der Waals surface area contributed by atoms with Gasteiger partial charge in [-0.3, -0.25) is 0 Å². The van der Waals surface area contributed by atoms with Gasteiger partial charge < -0.3 is 4.90 Å². The molecule has 82 heavy (non-hydrogen) atoms. The van der Waals surface area contributed by atoms with Crippen molar-refractivity contribution >= 4 is 45.9 Å². The van der Waals surface area contributed by atoms with Crippen LogP contribution in [0.1, 0.15) is 44.5 Å². The number of benzene rings is 13. The Hall–Kier alpha value is -10.1. The number of nitrogens with zero attached hydrogens (tertiary/aromatic N) is 1. The second kappa shape index (κ2) is 17.9. The van der Waals surface area contributed by atoms with Gasteiger partial charge >= 0.3 is 0 Å². The molecule has 0 radical (unpaired) electrons. The lowest BCUT2D eigenvalue weighted by molar-refractivity contribution is 0.768. The predicted molar refractivity (Wildman–Crippen MR) is 343 cm³/mol. The lowest BCUT2D eigenvalue weighted by Crippen LogP contribution is -2.72. The Morgan fingerprint density at radius 2 is 0.622 bits per heavy atom. The van der Waals surface area contributed by atoms with Gasteiger partial charge in [-0.2, -0.15) is 0 Å². The average Bonchev–Trinajstić information content (AvgIpc) is 1.76. The van der Waals surface area contributed by atoms with Crippen molar-refractivity contribution in [1.82, 2.24) is 0 Å². The molecule has 0 unspecified atom stereocenters. The minimum absolute atomic E-state index is 0.436. The standard InChI is InChI=1S/C80H53NSi/c1-3-24-56(25-4-1)79(71-38-14-7-31-63(71)64-32-8-15-39-72(64)79)57-26-22-27-59(52-57)81(60-49-50-76-70(53-60)67-35-11-18-42-75(67)80(76)73-40-16-9-33-65(73)66-34-10-17-41-74(66)80)58-47-45-54(46-48-58)55-23-21-30-62(51-55)82(61-28-5-2-6-29-61)77-43-19-12-36-68(77)69-37-13-20-44-78(69)82/h1-53H. The first kappa shape index (κ1) is 46.8. The highest BCUT2D eigenvalue weighted by molar-refractivity contribution is 7.22. The number of hydrogen-bond donors (Lipinski definition) is 0. The van der Waals surface area contributed by atoms with Gasteiger partial charge in [0.1, 0.15) is 0 Å². The van der Waals surface area contributed by atoms with Crippen LogP contribution in [0, 0.1) is 0 Å². The number of hydrogen-bond acceptors (Lipinski definition) is 1. The fourth-order valence-electron chi connectivity index (χ4n) is 15.7. The molecule has 13 aromatic carbocycles. The molecule has 382 valence electrons. The minimum atomic E-state index is -2.69. The monoisotopic (exact) mass is 1060 g/mol. The van der Waals surface area contributed by atoms with Crippen LogP contribution in [-0.2, 0) is 10.8 Å².